The molecule has 2 nitrogen and oxygen atoms in total. The molecule has 0 bridgehead atoms. The van der Waals surface area contributed by atoms with Crippen LogP contribution in [0.25, 0.3) is 44.1 Å². The summed E-state index contributed by atoms with van der Waals surface area (Å²) in [6.45, 7) is 4.65. The Balaban J connectivity index is 1.45. The lowest BCUT2D eigenvalue weighted by molar-refractivity contribution is 0.592. The molecule has 206 valence electrons. The van der Waals surface area contributed by atoms with Gasteiger partial charge in [-0.2, -0.15) is 0 Å². The maximum absolute atomic E-state index is 15.3. The second-order valence-corrected chi connectivity index (χ2v) is 14.7. The lowest BCUT2D eigenvalue weighted by Crippen LogP contribution is -2.25. The first kappa shape index (κ1) is 25.9. The minimum atomic E-state index is -3.15. The van der Waals surface area contributed by atoms with Crippen molar-refractivity contribution in [2.45, 2.75) is 19.3 Å². The zero-order valence-electron chi connectivity index (χ0n) is 24.2. The Hall–Kier alpha value is -4.78. The number of aromatic nitrogens is 1. The predicted octanol–water partition coefficient (Wildman–Crippen LogP) is 9.00. The van der Waals surface area contributed by atoms with Gasteiger partial charge in [-0.05, 0) is 39.8 Å². The van der Waals surface area contributed by atoms with Crippen LogP contribution in [0.2, 0.25) is 0 Å². The number of benzene rings is 6. The third kappa shape index (κ3) is 3.80. The average molecular weight is 572 g/mol. The Kier molecular flexibility index (Phi) is 5.80. The number of hydrogen-bond donors (Lipinski definition) is 0. The van der Waals surface area contributed by atoms with Crippen molar-refractivity contribution < 1.29 is 4.57 Å². The molecule has 0 amide bonds. The molecule has 0 fully saturated rings. The van der Waals surface area contributed by atoms with Gasteiger partial charge in [-0.1, -0.05) is 147 Å². The van der Waals surface area contributed by atoms with Crippen molar-refractivity contribution >= 4 is 44.7 Å². The van der Waals surface area contributed by atoms with Gasteiger partial charge in [-0.3, -0.25) is 0 Å². The quantitative estimate of drug-likeness (QED) is 0.156. The zero-order chi connectivity index (χ0) is 29.2. The molecule has 8 rings (SSSR count). The molecule has 0 unspecified atom stereocenters. The summed E-state index contributed by atoms with van der Waals surface area (Å²) >= 11 is 0. The summed E-state index contributed by atoms with van der Waals surface area (Å²) in [7, 11) is -3.15. The topological polar surface area (TPSA) is 30.0 Å². The Labute approximate surface area is 252 Å². The van der Waals surface area contributed by atoms with Crippen molar-refractivity contribution in [3.63, 3.8) is 0 Å². The maximum atomic E-state index is 15.3. The summed E-state index contributed by atoms with van der Waals surface area (Å²) in [6.07, 6.45) is 0. The molecule has 0 saturated heterocycles. The molecular formula is C40H30NOP. The molecule has 1 heterocycles. The summed E-state index contributed by atoms with van der Waals surface area (Å²) in [6, 6.07) is 49.7. The second-order valence-electron chi connectivity index (χ2n) is 11.9. The monoisotopic (exact) mass is 571 g/mol. The molecule has 0 atom stereocenters. The van der Waals surface area contributed by atoms with Crippen LogP contribution < -0.4 is 15.9 Å². The van der Waals surface area contributed by atoms with E-state index in [4.69, 9.17) is 4.98 Å². The van der Waals surface area contributed by atoms with Gasteiger partial charge in [0.05, 0.1) is 11.2 Å². The minimum absolute atomic E-state index is 0.203. The standard InChI is InChI=1S/C40H30NOP/c1-40(2)35-22-11-9-20-31(35)34-25-24-33-32-21-10-12-23-36(32)41-39(37(33)38(34)40)27-14-13-19-30(26-27)43(42,28-15-5-3-6-16-28)29-17-7-4-8-18-29/h3-26H,1-2H3. The molecular weight excluding hydrogens is 541 g/mol. The van der Waals surface area contributed by atoms with Gasteiger partial charge in [0.25, 0.3) is 0 Å². The molecule has 1 aromatic heterocycles. The van der Waals surface area contributed by atoms with Crippen molar-refractivity contribution in [3.05, 3.63) is 157 Å². The van der Waals surface area contributed by atoms with E-state index in [1.807, 2.05) is 78.9 Å². The predicted molar refractivity (Wildman–Crippen MR) is 182 cm³/mol. The van der Waals surface area contributed by atoms with Gasteiger partial charge in [0.1, 0.15) is 0 Å². The molecule has 7 aromatic rings. The van der Waals surface area contributed by atoms with Crippen LogP contribution in [0.15, 0.2) is 146 Å². The van der Waals surface area contributed by atoms with Gasteiger partial charge in [-0.25, -0.2) is 4.98 Å². The third-order valence-corrected chi connectivity index (χ3v) is 12.2. The number of nitrogens with zero attached hydrogens (tertiary/aromatic N) is 1. The fourth-order valence-corrected chi connectivity index (χ4v) is 9.80. The van der Waals surface area contributed by atoms with Crippen LogP contribution in [0.1, 0.15) is 25.0 Å². The van der Waals surface area contributed by atoms with E-state index in [9.17, 15) is 0 Å². The van der Waals surface area contributed by atoms with E-state index in [-0.39, 0.29) is 5.41 Å². The number of rotatable bonds is 4. The van der Waals surface area contributed by atoms with E-state index in [0.29, 0.717) is 0 Å². The van der Waals surface area contributed by atoms with E-state index < -0.39 is 7.14 Å². The van der Waals surface area contributed by atoms with Crippen molar-refractivity contribution in [2.24, 2.45) is 0 Å². The molecule has 3 heteroatoms. The number of fused-ring (bicyclic) bond motifs is 7. The smallest absolute Gasteiger partial charge is 0.171 e. The highest BCUT2D eigenvalue weighted by Gasteiger charge is 2.38. The Bertz CT molecular complexity index is 2190. The average Bonchev–Trinajstić information content (AvgIpc) is 3.31. The summed E-state index contributed by atoms with van der Waals surface area (Å²) in [5.74, 6) is 0. The van der Waals surface area contributed by atoms with E-state index in [0.717, 1.165) is 38.1 Å². The highest BCUT2D eigenvalue weighted by Crippen LogP contribution is 2.53. The first-order valence-corrected chi connectivity index (χ1v) is 16.5. The van der Waals surface area contributed by atoms with Crippen molar-refractivity contribution in [1.82, 2.24) is 4.98 Å². The van der Waals surface area contributed by atoms with Gasteiger partial charge >= 0.3 is 0 Å². The number of hydrogen-bond acceptors (Lipinski definition) is 2. The molecule has 1 aliphatic carbocycles. The van der Waals surface area contributed by atoms with Crippen LogP contribution in [0.4, 0.5) is 0 Å². The summed E-state index contributed by atoms with van der Waals surface area (Å²) in [4.78, 5) is 5.36. The Morgan fingerprint density at radius 3 is 1.93 bits per heavy atom. The number of pyridine rings is 1. The third-order valence-electron chi connectivity index (χ3n) is 9.11. The molecule has 6 aromatic carbocycles. The lowest BCUT2D eigenvalue weighted by atomic mass is 9.79. The van der Waals surface area contributed by atoms with Crippen molar-refractivity contribution in [3.8, 4) is 22.4 Å². The van der Waals surface area contributed by atoms with E-state index in [1.54, 1.807) is 0 Å². The molecule has 1 aliphatic rings. The van der Waals surface area contributed by atoms with Crippen LogP contribution in [-0.4, -0.2) is 4.98 Å². The molecule has 0 aliphatic heterocycles. The van der Waals surface area contributed by atoms with Gasteiger partial charge in [0, 0.05) is 37.7 Å². The van der Waals surface area contributed by atoms with Crippen molar-refractivity contribution in [2.75, 3.05) is 0 Å². The van der Waals surface area contributed by atoms with Gasteiger partial charge in [0.15, 0.2) is 7.14 Å². The second kappa shape index (κ2) is 9.63. The fraction of sp³-hybridized carbons (Fsp3) is 0.0750. The van der Waals surface area contributed by atoms with Gasteiger partial charge in [0.2, 0.25) is 0 Å². The molecule has 43 heavy (non-hydrogen) atoms. The normalized spacial score (nSPS) is 13.6. The Morgan fingerprint density at radius 2 is 1.19 bits per heavy atom. The van der Waals surface area contributed by atoms with Gasteiger partial charge in [-0.15, -0.1) is 0 Å². The zero-order valence-corrected chi connectivity index (χ0v) is 25.1. The number of para-hydroxylation sites is 1. The molecule has 0 N–H and O–H groups in total. The van der Waals surface area contributed by atoms with Crippen LogP contribution in [-0.2, 0) is 9.98 Å². The van der Waals surface area contributed by atoms with Crippen molar-refractivity contribution in [1.29, 1.82) is 0 Å². The molecule has 0 saturated carbocycles. The van der Waals surface area contributed by atoms with E-state index >= 15 is 4.57 Å². The fourth-order valence-electron chi connectivity index (χ4n) is 7.10. The summed E-state index contributed by atoms with van der Waals surface area (Å²) in [5, 5.41) is 5.97. The van der Waals surface area contributed by atoms with E-state index in [1.165, 1.54) is 33.0 Å². The highest BCUT2D eigenvalue weighted by atomic mass is 31.2. The van der Waals surface area contributed by atoms with Crippen LogP contribution in [0.5, 0.6) is 0 Å². The van der Waals surface area contributed by atoms with Crippen LogP contribution in [0.3, 0.4) is 0 Å². The van der Waals surface area contributed by atoms with Crippen LogP contribution >= 0.6 is 7.14 Å². The first-order valence-electron chi connectivity index (χ1n) is 14.8. The molecule has 0 spiro atoms. The minimum Gasteiger partial charge on any atom is -0.309 e. The first-order chi connectivity index (χ1) is 21.0. The lowest BCUT2D eigenvalue weighted by Gasteiger charge is -2.25. The molecule has 0 radical (unpaired) electrons. The maximum Gasteiger partial charge on any atom is 0.171 e. The van der Waals surface area contributed by atoms with E-state index in [2.05, 4.69) is 80.6 Å². The van der Waals surface area contributed by atoms with Crippen LogP contribution in [0, 0.1) is 0 Å². The van der Waals surface area contributed by atoms with Gasteiger partial charge < -0.3 is 4.57 Å². The summed E-state index contributed by atoms with van der Waals surface area (Å²) < 4.78 is 15.3. The highest BCUT2D eigenvalue weighted by molar-refractivity contribution is 7.85. The Morgan fingerprint density at radius 1 is 0.558 bits per heavy atom. The largest absolute Gasteiger partial charge is 0.309 e. The summed E-state index contributed by atoms with van der Waals surface area (Å²) in [5.41, 5.74) is 7.85. The SMILES string of the molecule is CC1(C)c2ccccc2-c2ccc3c(c(-c4cccc(P(=O)(c5ccccc5)c5ccccc5)c4)nc4ccccc43)c21.